The van der Waals surface area contributed by atoms with Crippen LogP contribution in [0.5, 0.6) is 0 Å². The number of carbonyl (C=O) groups is 1. The summed E-state index contributed by atoms with van der Waals surface area (Å²) in [5.41, 5.74) is -3.71. The normalized spacial score (nSPS) is 20.7. The molecule has 2 rings (SSSR count). The molecule has 0 aliphatic carbocycles. The summed E-state index contributed by atoms with van der Waals surface area (Å²) < 4.78 is 77.3. The first-order chi connectivity index (χ1) is 11.8. The Bertz CT molecular complexity index is 652. The third-order valence-electron chi connectivity index (χ3n) is 4.09. The molecule has 1 saturated heterocycles. The lowest BCUT2D eigenvalue weighted by atomic mass is 9.99. The molecule has 1 amide bonds. The Balaban J connectivity index is 2.23. The molecular weight excluding hydrogens is 366 g/mol. The van der Waals surface area contributed by atoms with Crippen molar-refractivity contribution in [1.29, 1.82) is 0 Å². The molecule has 0 radical (unpaired) electrons. The molecule has 0 bridgehead atoms. The number of rotatable bonds is 4. The maximum Gasteiger partial charge on any atom is 0.416 e. The van der Waals surface area contributed by atoms with E-state index in [4.69, 9.17) is 4.84 Å². The van der Waals surface area contributed by atoms with E-state index in [0.717, 1.165) is 5.06 Å². The van der Waals surface area contributed by atoms with Crippen LogP contribution < -0.4 is 5.32 Å². The molecule has 1 aliphatic rings. The fraction of sp³-hybridized carbons (Fsp3) is 0.562. The van der Waals surface area contributed by atoms with Crippen LogP contribution in [0.1, 0.15) is 37.0 Å². The fourth-order valence-electron chi connectivity index (χ4n) is 2.95. The molecule has 0 aromatic heterocycles. The lowest BCUT2D eigenvalue weighted by Gasteiger charge is -2.28. The first-order valence-electron chi connectivity index (χ1n) is 7.70. The van der Waals surface area contributed by atoms with Gasteiger partial charge in [0.15, 0.2) is 0 Å². The average Bonchev–Trinajstić information content (AvgIpc) is 2.71. The lowest BCUT2D eigenvalue weighted by Crippen LogP contribution is -2.46. The van der Waals surface area contributed by atoms with Crippen molar-refractivity contribution >= 4 is 5.91 Å². The summed E-state index contributed by atoms with van der Waals surface area (Å²) in [5, 5.41) is 4.04. The minimum atomic E-state index is -4.90. The number of amides is 1. The van der Waals surface area contributed by atoms with Gasteiger partial charge in [-0.25, -0.2) is 5.06 Å². The number of nitrogens with zero attached hydrogens (tertiary/aromatic N) is 1. The van der Waals surface area contributed by atoms with Crippen LogP contribution in [-0.2, 0) is 28.4 Å². The lowest BCUT2D eigenvalue weighted by molar-refractivity contribution is -0.192. The molecule has 1 aromatic rings. The van der Waals surface area contributed by atoms with E-state index in [1.54, 1.807) is 13.8 Å². The Hall–Kier alpha value is -1.81. The quantitative estimate of drug-likeness (QED) is 0.804. The largest absolute Gasteiger partial charge is 0.416 e. The van der Waals surface area contributed by atoms with E-state index in [-0.39, 0.29) is 24.5 Å². The molecule has 0 unspecified atom stereocenters. The zero-order chi connectivity index (χ0) is 19.9. The highest BCUT2D eigenvalue weighted by molar-refractivity contribution is 5.84. The van der Waals surface area contributed by atoms with Gasteiger partial charge in [-0.15, -0.1) is 0 Å². The summed E-state index contributed by atoms with van der Waals surface area (Å²) in [4.78, 5) is 17.2. The first-order valence-corrected chi connectivity index (χ1v) is 7.70. The maximum atomic E-state index is 12.9. The summed E-state index contributed by atoms with van der Waals surface area (Å²) in [5.74, 6) is -0.430. The molecular formula is C16H18F6N2O2. The second kappa shape index (κ2) is 6.73. The van der Waals surface area contributed by atoms with Crippen molar-refractivity contribution in [3.63, 3.8) is 0 Å². The topological polar surface area (TPSA) is 41.6 Å². The van der Waals surface area contributed by atoms with Gasteiger partial charge in [0.25, 0.3) is 5.91 Å². The van der Waals surface area contributed by atoms with Gasteiger partial charge >= 0.3 is 12.4 Å². The summed E-state index contributed by atoms with van der Waals surface area (Å²) in [7, 11) is 1.30. The monoisotopic (exact) mass is 384 g/mol. The molecule has 1 aliphatic heterocycles. The summed E-state index contributed by atoms with van der Waals surface area (Å²) in [6.45, 7) is 3.33. The molecule has 4 nitrogen and oxygen atoms in total. The third kappa shape index (κ3) is 4.29. The van der Waals surface area contributed by atoms with E-state index in [9.17, 15) is 31.1 Å². The van der Waals surface area contributed by atoms with Crippen molar-refractivity contribution in [3.8, 4) is 0 Å². The molecule has 10 heteroatoms. The van der Waals surface area contributed by atoms with Gasteiger partial charge in [-0.2, -0.15) is 26.3 Å². The number of hydroxylamine groups is 2. The standard InChI is InChI=1S/C16H18F6N2O2/c1-14(2)23-12(13(25)24(14)26-3)5-4-9-6-10(15(17,18)19)8-11(7-9)16(20,21)22/h6-8,12,23H,4-5H2,1-3H3/t12-/m0/s1. The van der Waals surface area contributed by atoms with Gasteiger partial charge < -0.3 is 0 Å². The van der Waals surface area contributed by atoms with Crippen LogP contribution in [0.15, 0.2) is 18.2 Å². The number of alkyl halides is 6. The predicted molar refractivity (Wildman–Crippen MR) is 79.6 cm³/mol. The molecule has 0 spiro atoms. The molecule has 26 heavy (non-hydrogen) atoms. The Morgan fingerprint density at radius 3 is 1.96 bits per heavy atom. The Morgan fingerprint density at radius 2 is 1.58 bits per heavy atom. The number of carbonyl (C=O) groups excluding carboxylic acids is 1. The van der Waals surface area contributed by atoms with Gasteiger partial charge in [0.05, 0.1) is 24.3 Å². The van der Waals surface area contributed by atoms with Gasteiger partial charge in [0.1, 0.15) is 5.66 Å². The number of hydrogen-bond acceptors (Lipinski definition) is 3. The predicted octanol–water partition coefficient (Wildman–Crippen LogP) is 3.75. The van der Waals surface area contributed by atoms with Crippen molar-refractivity contribution in [2.24, 2.45) is 0 Å². The number of nitrogens with one attached hydrogen (secondary N) is 1. The van der Waals surface area contributed by atoms with Crippen molar-refractivity contribution < 1.29 is 36.0 Å². The van der Waals surface area contributed by atoms with Crippen LogP contribution in [-0.4, -0.2) is 29.8 Å². The Morgan fingerprint density at radius 1 is 1.08 bits per heavy atom. The summed E-state index contributed by atoms with van der Waals surface area (Å²) in [6.07, 6.45) is -9.90. The summed E-state index contributed by atoms with van der Waals surface area (Å²) in [6, 6.07) is 0.661. The number of benzene rings is 1. The van der Waals surface area contributed by atoms with E-state index in [1.165, 1.54) is 7.11 Å². The molecule has 1 fully saturated rings. The molecule has 1 heterocycles. The maximum absolute atomic E-state index is 12.9. The minimum Gasteiger partial charge on any atom is -0.282 e. The van der Waals surface area contributed by atoms with Crippen molar-refractivity contribution in [2.45, 2.75) is 50.7 Å². The Kier molecular flexibility index (Phi) is 5.31. The molecule has 146 valence electrons. The second-order valence-electron chi connectivity index (χ2n) is 6.52. The first kappa shape index (κ1) is 20.5. The van der Waals surface area contributed by atoms with Gasteiger partial charge in [-0.05, 0) is 50.5 Å². The second-order valence-corrected chi connectivity index (χ2v) is 6.52. The zero-order valence-electron chi connectivity index (χ0n) is 14.3. The minimum absolute atomic E-state index is 0.0285. The van der Waals surface area contributed by atoms with Gasteiger partial charge in [0.2, 0.25) is 0 Å². The highest BCUT2D eigenvalue weighted by atomic mass is 19.4. The van der Waals surface area contributed by atoms with Gasteiger partial charge in [-0.3, -0.25) is 14.9 Å². The Labute approximate surface area is 146 Å². The van der Waals surface area contributed by atoms with Gasteiger partial charge in [0, 0.05) is 0 Å². The van der Waals surface area contributed by atoms with Crippen LogP contribution in [0.25, 0.3) is 0 Å². The van der Waals surface area contributed by atoms with Crippen LogP contribution in [0.4, 0.5) is 26.3 Å². The number of aryl methyl sites for hydroxylation is 1. The van der Waals surface area contributed by atoms with Crippen LogP contribution in [0.3, 0.4) is 0 Å². The zero-order valence-corrected chi connectivity index (χ0v) is 14.3. The molecule has 1 N–H and O–H groups in total. The highest BCUT2D eigenvalue weighted by Gasteiger charge is 2.45. The average molecular weight is 384 g/mol. The van der Waals surface area contributed by atoms with Crippen molar-refractivity contribution in [1.82, 2.24) is 10.4 Å². The smallest absolute Gasteiger partial charge is 0.282 e. The fourth-order valence-corrected chi connectivity index (χ4v) is 2.95. The van der Waals surface area contributed by atoms with Crippen LogP contribution in [0, 0.1) is 0 Å². The number of halogens is 6. The SMILES string of the molecule is CON1C(=O)[C@H](CCc2cc(C(F)(F)F)cc(C(F)(F)F)c2)NC1(C)C. The summed E-state index contributed by atoms with van der Waals surface area (Å²) >= 11 is 0. The van der Waals surface area contributed by atoms with E-state index in [1.807, 2.05) is 0 Å². The molecule has 0 saturated carbocycles. The van der Waals surface area contributed by atoms with Crippen LogP contribution in [0.2, 0.25) is 0 Å². The number of hydrogen-bond donors (Lipinski definition) is 1. The van der Waals surface area contributed by atoms with E-state index < -0.39 is 41.1 Å². The third-order valence-corrected chi connectivity index (χ3v) is 4.09. The van der Waals surface area contributed by atoms with E-state index in [0.29, 0.717) is 12.1 Å². The molecule has 1 aromatic carbocycles. The highest BCUT2D eigenvalue weighted by Crippen LogP contribution is 2.36. The van der Waals surface area contributed by atoms with Crippen LogP contribution >= 0.6 is 0 Å². The van der Waals surface area contributed by atoms with Gasteiger partial charge in [-0.1, -0.05) is 0 Å². The van der Waals surface area contributed by atoms with E-state index >= 15 is 0 Å². The molecule has 1 atom stereocenters. The van der Waals surface area contributed by atoms with E-state index in [2.05, 4.69) is 5.32 Å². The van der Waals surface area contributed by atoms with Crippen molar-refractivity contribution in [2.75, 3.05) is 7.11 Å². The van der Waals surface area contributed by atoms with Crippen molar-refractivity contribution in [3.05, 3.63) is 34.9 Å².